The largest absolute Gasteiger partial charge is 0.497 e. The summed E-state index contributed by atoms with van der Waals surface area (Å²) in [5.74, 6) is 0.932. The molecule has 1 saturated heterocycles. The molecule has 0 atom stereocenters. The van der Waals surface area contributed by atoms with E-state index in [0.29, 0.717) is 52.9 Å². The number of imide groups is 1. The Bertz CT molecular complexity index is 1090. The van der Waals surface area contributed by atoms with Gasteiger partial charge in [-0.1, -0.05) is 19.1 Å². The first-order valence-electron chi connectivity index (χ1n) is 11.0. The molecule has 0 unspecified atom stereocenters. The van der Waals surface area contributed by atoms with Crippen LogP contribution in [0.3, 0.4) is 0 Å². The lowest BCUT2D eigenvalue weighted by molar-refractivity contribution is -0.120. The topological polar surface area (TPSA) is 71.6 Å². The second-order valence-electron chi connectivity index (χ2n) is 7.86. The summed E-state index contributed by atoms with van der Waals surface area (Å²) >= 11 is 0. The van der Waals surface area contributed by atoms with Crippen molar-refractivity contribution in [3.63, 3.8) is 0 Å². The summed E-state index contributed by atoms with van der Waals surface area (Å²) in [4.78, 5) is 33.1. The van der Waals surface area contributed by atoms with Crippen LogP contribution in [0, 0.1) is 0 Å². The first kappa shape index (κ1) is 22.7. The summed E-state index contributed by atoms with van der Waals surface area (Å²) < 4.78 is 16.1. The van der Waals surface area contributed by atoms with Crippen LogP contribution in [-0.2, 0) is 9.59 Å². The van der Waals surface area contributed by atoms with Crippen LogP contribution in [0.1, 0.15) is 12.5 Å². The van der Waals surface area contributed by atoms with Gasteiger partial charge in [0.15, 0.2) is 11.5 Å². The molecule has 0 N–H and O–H groups in total. The smallest absolute Gasteiger partial charge is 0.282 e. The van der Waals surface area contributed by atoms with E-state index in [1.165, 1.54) is 4.90 Å². The Balaban J connectivity index is 1.81. The highest BCUT2D eigenvalue weighted by atomic mass is 16.5. The molecule has 2 aromatic carbocycles. The number of amides is 2. The highest BCUT2D eigenvalue weighted by molar-refractivity contribution is 6.45. The maximum Gasteiger partial charge on any atom is 0.282 e. The Morgan fingerprint density at radius 1 is 0.818 bits per heavy atom. The minimum absolute atomic E-state index is 0.331. The zero-order chi connectivity index (χ0) is 23.5. The lowest BCUT2D eigenvalue weighted by atomic mass is 10.0. The Morgan fingerprint density at radius 2 is 1.55 bits per heavy atom. The number of methoxy groups -OCH3 is 3. The normalized spacial score (nSPS) is 17.1. The Kier molecular flexibility index (Phi) is 6.55. The third-order valence-electron chi connectivity index (χ3n) is 6.18. The Labute approximate surface area is 193 Å². The fourth-order valence-corrected chi connectivity index (χ4v) is 4.34. The van der Waals surface area contributed by atoms with Gasteiger partial charge in [0.2, 0.25) is 0 Å². The Morgan fingerprint density at radius 3 is 2.18 bits per heavy atom. The molecule has 4 rings (SSSR count). The molecule has 33 heavy (non-hydrogen) atoms. The predicted molar refractivity (Wildman–Crippen MR) is 126 cm³/mol. The molecule has 1 fully saturated rings. The summed E-state index contributed by atoms with van der Waals surface area (Å²) in [6.07, 6.45) is 0. The van der Waals surface area contributed by atoms with Gasteiger partial charge >= 0.3 is 0 Å². The molecule has 8 heteroatoms. The average Bonchev–Trinajstić information content (AvgIpc) is 3.13. The standard InChI is InChI=1S/C25H29N3O5/c1-5-26-11-13-27(14-12-26)23-22(17-9-10-20(32-3)21(15-17)33-4)24(29)28(25(23)30)18-7-6-8-19(16-18)31-2/h6-10,15-16H,5,11-14H2,1-4H3. The SMILES string of the molecule is CCN1CCN(C2=C(c3ccc(OC)c(OC)c3)C(=O)N(c3cccc(OC)c3)C2=O)CC1. The third kappa shape index (κ3) is 4.14. The maximum atomic E-state index is 13.7. The molecule has 0 spiro atoms. The third-order valence-corrected chi connectivity index (χ3v) is 6.18. The van der Waals surface area contributed by atoms with Gasteiger partial charge in [-0.25, -0.2) is 4.90 Å². The van der Waals surface area contributed by atoms with Gasteiger partial charge in [-0.2, -0.15) is 0 Å². The van der Waals surface area contributed by atoms with Crippen LogP contribution in [0.2, 0.25) is 0 Å². The number of likely N-dealkylation sites (N-methyl/N-ethyl adjacent to an activating group) is 1. The molecule has 0 aromatic heterocycles. The van der Waals surface area contributed by atoms with Crippen molar-refractivity contribution < 1.29 is 23.8 Å². The zero-order valence-corrected chi connectivity index (χ0v) is 19.5. The van der Waals surface area contributed by atoms with Gasteiger partial charge in [0.1, 0.15) is 11.4 Å². The molecular weight excluding hydrogens is 422 g/mol. The number of anilines is 1. The van der Waals surface area contributed by atoms with Crippen LogP contribution in [0.15, 0.2) is 48.2 Å². The van der Waals surface area contributed by atoms with Crippen molar-refractivity contribution in [2.45, 2.75) is 6.92 Å². The van der Waals surface area contributed by atoms with Gasteiger partial charge in [0.05, 0.1) is 32.6 Å². The van der Waals surface area contributed by atoms with Crippen molar-refractivity contribution in [1.29, 1.82) is 0 Å². The number of hydrogen-bond acceptors (Lipinski definition) is 7. The van der Waals surface area contributed by atoms with E-state index in [1.54, 1.807) is 63.8 Å². The molecular formula is C25H29N3O5. The molecule has 2 amide bonds. The van der Waals surface area contributed by atoms with E-state index >= 15 is 0 Å². The first-order valence-corrected chi connectivity index (χ1v) is 11.0. The van der Waals surface area contributed by atoms with Crippen molar-refractivity contribution in [3.05, 3.63) is 53.7 Å². The molecule has 0 aliphatic carbocycles. The molecule has 2 heterocycles. The number of rotatable bonds is 7. The summed E-state index contributed by atoms with van der Waals surface area (Å²) in [7, 11) is 4.66. The van der Waals surface area contributed by atoms with E-state index in [1.807, 2.05) is 4.90 Å². The van der Waals surface area contributed by atoms with Crippen LogP contribution in [0.5, 0.6) is 17.2 Å². The number of nitrogens with zero attached hydrogens (tertiary/aromatic N) is 3. The van der Waals surface area contributed by atoms with Crippen LogP contribution in [0.25, 0.3) is 5.57 Å². The second kappa shape index (κ2) is 9.54. The fraction of sp³-hybridized carbons (Fsp3) is 0.360. The maximum absolute atomic E-state index is 13.7. The molecule has 2 aliphatic rings. The molecule has 2 aromatic rings. The van der Waals surface area contributed by atoms with E-state index in [4.69, 9.17) is 14.2 Å². The summed E-state index contributed by atoms with van der Waals surface area (Å²) in [6, 6.07) is 12.3. The van der Waals surface area contributed by atoms with Crippen molar-refractivity contribution in [3.8, 4) is 17.2 Å². The van der Waals surface area contributed by atoms with Crippen molar-refractivity contribution in [2.24, 2.45) is 0 Å². The van der Waals surface area contributed by atoms with E-state index in [0.717, 1.165) is 19.6 Å². The number of hydrogen-bond donors (Lipinski definition) is 0. The number of carbonyl (C=O) groups excluding carboxylic acids is 2. The lowest BCUT2D eigenvalue weighted by Gasteiger charge is -2.36. The average molecular weight is 452 g/mol. The van der Waals surface area contributed by atoms with Gasteiger partial charge < -0.3 is 24.0 Å². The number of piperazine rings is 1. The van der Waals surface area contributed by atoms with Gasteiger partial charge in [-0.3, -0.25) is 9.59 Å². The molecule has 8 nitrogen and oxygen atoms in total. The monoisotopic (exact) mass is 451 g/mol. The van der Waals surface area contributed by atoms with E-state index < -0.39 is 0 Å². The van der Waals surface area contributed by atoms with E-state index in [-0.39, 0.29) is 11.8 Å². The van der Waals surface area contributed by atoms with Crippen LogP contribution >= 0.6 is 0 Å². The van der Waals surface area contributed by atoms with Gasteiger partial charge in [0, 0.05) is 32.2 Å². The minimum Gasteiger partial charge on any atom is -0.497 e. The number of benzene rings is 2. The summed E-state index contributed by atoms with van der Waals surface area (Å²) in [6.45, 7) is 6.09. The highest BCUT2D eigenvalue weighted by Gasteiger charge is 2.43. The molecule has 2 aliphatic heterocycles. The lowest BCUT2D eigenvalue weighted by Crippen LogP contribution is -2.47. The van der Waals surface area contributed by atoms with E-state index in [9.17, 15) is 9.59 Å². The van der Waals surface area contributed by atoms with Gasteiger partial charge in [0.25, 0.3) is 11.8 Å². The molecule has 0 radical (unpaired) electrons. The quantitative estimate of drug-likeness (QED) is 0.600. The minimum atomic E-state index is -0.367. The molecule has 174 valence electrons. The Hall–Kier alpha value is -3.52. The van der Waals surface area contributed by atoms with E-state index in [2.05, 4.69) is 11.8 Å². The van der Waals surface area contributed by atoms with Gasteiger partial charge in [-0.05, 0) is 36.4 Å². The molecule has 0 saturated carbocycles. The summed E-state index contributed by atoms with van der Waals surface area (Å²) in [5.41, 5.74) is 1.88. The highest BCUT2D eigenvalue weighted by Crippen LogP contribution is 2.38. The predicted octanol–water partition coefficient (Wildman–Crippen LogP) is 2.63. The van der Waals surface area contributed by atoms with Crippen LogP contribution in [0.4, 0.5) is 5.69 Å². The first-order chi connectivity index (χ1) is 16.0. The molecule has 0 bridgehead atoms. The van der Waals surface area contributed by atoms with Crippen LogP contribution in [-0.4, -0.2) is 75.7 Å². The van der Waals surface area contributed by atoms with Crippen molar-refractivity contribution in [1.82, 2.24) is 9.80 Å². The van der Waals surface area contributed by atoms with Crippen molar-refractivity contribution >= 4 is 23.1 Å². The fourth-order valence-electron chi connectivity index (χ4n) is 4.34. The zero-order valence-electron chi connectivity index (χ0n) is 19.5. The van der Waals surface area contributed by atoms with Crippen molar-refractivity contribution in [2.75, 3.05) is 59.0 Å². The number of ether oxygens (including phenoxy) is 3. The second-order valence-corrected chi connectivity index (χ2v) is 7.86. The van der Waals surface area contributed by atoms with Gasteiger partial charge in [-0.15, -0.1) is 0 Å². The summed E-state index contributed by atoms with van der Waals surface area (Å²) in [5, 5.41) is 0. The van der Waals surface area contributed by atoms with Crippen LogP contribution < -0.4 is 19.1 Å². The number of carbonyl (C=O) groups is 2.